The monoisotopic (exact) mass is 270 g/mol. The first-order chi connectivity index (χ1) is 8.54. The number of hydrogen-bond acceptors (Lipinski definition) is 4. The van der Waals surface area contributed by atoms with Gasteiger partial charge in [0.1, 0.15) is 0 Å². The maximum absolute atomic E-state index is 12.4. The summed E-state index contributed by atoms with van der Waals surface area (Å²) >= 11 is 0. The van der Waals surface area contributed by atoms with Crippen LogP contribution in [0.4, 0.5) is 0 Å². The summed E-state index contributed by atoms with van der Waals surface area (Å²) in [7, 11) is -3.41. The Bertz CT molecular complexity index is 499. The third-order valence-electron chi connectivity index (χ3n) is 3.00. The Morgan fingerprint density at radius 1 is 1.39 bits per heavy atom. The molecule has 0 spiro atoms. The van der Waals surface area contributed by atoms with Crippen LogP contribution >= 0.6 is 0 Å². The number of ether oxygens (including phenoxy) is 1. The maximum atomic E-state index is 12.4. The third-order valence-corrected chi connectivity index (χ3v) is 4.88. The molecule has 0 aromatic heterocycles. The van der Waals surface area contributed by atoms with Gasteiger partial charge in [-0.15, -0.1) is 0 Å². The van der Waals surface area contributed by atoms with E-state index in [1.165, 1.54) is 4.31 Å². The first kappa shape index (κ1) is 13.5. The average Bonchev–Trinajstić information content (AvgIpc) is 2.39. The summed E-state index contributed by atoms with van der Waals surface area (Å²) in [4.78, 5) is 0.314. The van der Waals surface area contributed by atoms with Gasteiger partial charge in [0.25, 0.3) is 0 Å². The molecule has 18 heavy (non-hydrogen) atoms. The highest BCUT2D eigenvalue weighted by molar-refractivity contribution is 7.89. The van der Waals surface area contributed by atoms with Gasteiger partial charge in [-0.05, 0) is 24.6 Å². The molecule has 2 rings (SSSR count). The van der Waals surface area contributed by atoms with Crippen LogP contribution in [-0.4, -0.2) is 38.5 Å². The Morgan fingerprint density at radius 2 is 2.06 bits per heavy atom. The zero-order chi connectivity index (χ0) is 13.2. The summed E-state index contributed by atoms with van der Waals surface area (Å²) < 4.78 is 31.6. The molecule has 1 atom stereocenters. The molecule has 0 bridgehead atoms. The van der Waals surface area contributed by atoms with Crippen molar-refractivity contribution in [3.63, 3.8) is 0 Å². The molecule has 100 valence electrons. The minimum atomic E-state index is -3.41. The molecule has 5 nitrogen and oxygen atoms in total. The van der Waals surface area contributed by atoms with Crippen molar-refractivity contribution in [1.82, 2.24) is 4.31 Å². The highest BCUT2D eigenvalue weighted by Crippen LogP contribution is 2.19. The fourth-order valence-corrected chi connectivity index (χ4v) is 3.45. The van der Waals surface area contributed by atoms with Crippen molar-refractivity contribution >= 4 is 10.0 Å². The van der Waals surface area contributed by atoms with E-state index in [0.717, 1.165) is 5.56 Å². The number of rotatable bonds is 3. The normalized spacial score (nSPS) is 22.0. The molecule has 0 aliphatic carbocycles. The van der Waals surface area contributed by atoms with Gasteiger partial charge in [0.15, 0.2) is 0 Å². The van der Waals surface area contributed by atoms with Crippen molar-refractivity contribution < 1.29 is 13.2 Å². The maximum Gasteiger partial charge on any atom is 0.243 e. The Labute approximate surface area is 108 Å². The number of nitrogens with zero attached hydrogens (tertiary/aromatic N) is 1. The van der Waals surface area contributed by atoms with Crippen molar-refractivity contribution in [2.45, 2.75) is 24.5 Å². The van der Waals surface area contributed by atoms with Crippen molar-refractivity contribution in [1.29, 1.82) is 0 Å². The molecule has 0 saturated carbocycles. The van der Waals surface area contributed by atoms with E-state index in [2.05, 4.69) is 0 Å². The van der Waals surface area contributed by atoms with Crippen molar-refractivity contribution in [3.8, 4) is 0 Å². The molecule has 0 amide bonds. The van der Waals surface area contributed by atoms with Crippen LogP contribution in [0, 0.1) is 0 Å². The third kappa shape index (κ3) is 2.72. The molecular formula is C12H18N2O3S. The lowest BCUT2D eigenvalue weighted by molar-refractivity contribution is 0.0102. The fourth-order valence-electron chi connectivity index (χ4n) is 1.95. The summed E-state index contributed by atoms with van der Waals surface area (Å²) in [5.41, 5.74) is 6.41. The molecule has 1 aromatic rings. The summed E-state index contributed by atoms with van der Waals surface area (Å²) in [5.74, 6) is 0. The predicted molar refractivity (Wildman–Crippen MR) is 68.5 cm³/mol. The van der Waals surface area contributed by atoms with E-state index in [1.54, 1.807) is 24.3 Å². The minimum Gasteiger partial charge on any atom is -0.376 e. The van der Waals surface area contributed by atoms with Crippen LogP contribution in [0.15, 0.2) is 29.2 Å². The van der Waals surface area contributed by atoms with E-state index in [0.29, 0.717) is 31.1 Å². The molecule has 1 heterocycles. The zero-order valence-electron chi connectivity index (χ0n) is 10.4. The predicted octanol–water partition coefficient (Wildman–Crippen LogP) is 0.555. The Morgan fingerprint density at radius 3 is 2.61 bits per heavy atom. The quantitative estimate of drug-likeness (QED) is 0.871. The first-order valence-corrected chi connectivity index (χ1v) is 7.39. The van der Waals surface area contributed by atoms with Gasteiger partial charge < -0.3 is 10.5 Å². The molecule has 1 unspecified atom stereocenters. The van der Waals surface area contributed by atoms with Crippen LogP contribution in [0.2, 0.25) is 0 Å². The summed E-state index contributed by atoms with van der Waals surface area (Å²) in [6, 6.07) is 6.71. The van der Waals surface area contributed by atoms with Gasteiger partial charge >= 0.3 is 0 Å². The van der Waals surface area contributed by atoms with Crippen LogP contribution in [-0.2, 0) is 21.3 Å². The number of morpholine rings is 1. The van der Waals surface area contributed by atoms with E-state index in [9.17, 15) is 8.42 Å². The van der Waals surface area contributed by atoms with Gasteiger partial charge in [-0.25, -0.2) is 8.42 Å². The smallest absolute Gasteiger partial charge is 0.243 e. The lowest BCUT2D eigenvalue weighted by Gasteiger charge is -2.30. The summed E-state index contributed by atoms with van der Waals surface area (Å²) in [5, 5.41) is 0. The van der Waals surface area contributed by atoms with Gasteiger partial charge in [-0.1, -0.05) is 12.1 Å². The topological polar surface area (TPSA) is 72.6 Å². The zero-order valence-corrected chi connectivity index (χ0v) is 11.2. The standard InChI is InChI=1S/C12H18N2O3S/c1-10-9-14(6-7-17-10)18(15,16)12-4-2-11(8-13)3-5-12/h2-5,10H,6-9,13H2,1H3. The highest BCUT2D eigenvalue weighted by atomic mass is 32.2. The van der Waals surface area contributed by atoms with Gasteiger partial charge in [0.2, 0.25) is 10.0 Å². The van der Waals surface area contributed by atoms with Gasteiger partial charge in [0, 0.05) is 19.6 Å². The SMILES string of the molecule is CC1CN(S(=O)(=O)c2ccc(CN)cc2)CCO1. The Kier molecular flexibility index (Phi) is 4.01. The number of nitrogens with two attached hydrogens (primary N) is 1. The van der Waals surface area contributed by atoms with E-state index in [4.69, 9.17) is 10.5 Å². The fraction of sp³-hybridized carbons (Fsp3) is 0.500. The first-order valence-electron chi connectivity index (χ1n) is 5.95. The van der Waals surface area contributed by atoms with E-state index >= 15 is 0 Å². The Hall–Kier alpha value is -0.950. The molecule has 1 aliphatic heterocycles. The molecule has 1 saturated heterocycles. The van der Waals surface area contributed by atoms with Crippen LogP contribution in [0.5, 0.6) is 0 Å². The second kappa shape index (κ2) is 5.36. The van der Waals surface area contributed by atoms with E-state index in [1.807, 2.05) is 6.92 Å². The second-order valence-corrected chi connectivity index (χ2v) is 6.33. The number of benzene rings is 1. The second-order valence-electron chi connectivity index (χ2n) is 4.39. The lowest BCUT2D eigenvalue weighted by atomic mass is 10.2. The largest absolute Gasteiger partial charge is 0.376 e. The molecule has 1 aromatic carbocycles. The van der Waals surface area contributed by atoms with Crippen LogP contribution in [0.25, 0.3) is 0 Å². The van der Waals surface area contributed by atoms with Crippen LogP contribution < -0.4 is 5.73 Å². The van der Waals surface area contributed by atoms with Crippen LogP contribution in [0.1, 0.15) is 12.5 Å². The Balaban J connectivity index is 2.23. The van der Waals surface area contributed by atoms with E-state index in [-0.39, 0.29) is 6.10 Å². The number of hydrogen-bond donors (Lipinski definition) is 1. The number of sulfonamides is 1. The van der Waals surface area contributed by atoms with Crippen molar-refractivity contribution in [2.24, 2.45) is 5.73 Å². The molecule has 1 aliphatic rings. The van der Waals surface area contributed by atoms with Gasteiger partial charge in [-0.2, -0.15) is 4.31 Å². The van der Waals surface area contributed by atoms with Gasteiger partial charge in [0.05, 0.1) is 17.6 Å². The van der Waals surface area contributed by atoms with Gasteiger partial charge in [-0.3, -0.25) is 0 Å². The van der Waals surface area contributed by atoms with Crippen molar-refractivity contribution in [3.05, 3.63) is 29.8 Å². The van der Waals surface area contributed by atoms with Crippen LogP contribution in [0.3, 0.4) is 0 Å². The molecule has 0 radical (unpaired) electrons. The summed E-state index contributed by atoms with van der Waals surface area (Å²) in [6.07, 6.45) is -0.0585. The minimum absolute atomic E-state index is 0.0585. The molecular weight excluding hydrogens is 252 g/mol. The highest BCUT2D eigenvalue weighted by Gasteiger charge is 2.28. The molecule has 6 heteroatoms. The average molecular weight is 270 g/mol. The van der Waals surface area contributed by atoms with Crippen molar-refractivity contribution in [2.75, 3.05) is 19.7 Å². The lowest BCUT2D eigenvalue weighted by Crippen LogP contribution is -2.44. The van der Waals surface area contributed by atoms with E-state index < -0.39 is 10.0 Å². The molecule has 1 fully saturated rings. The molecule has 2 N–H and O–H groups in total. The summed E-state index contributed by atoms with van der Waals surface area (Å²) in [6.45, 7) is 3.54.